The van der Waals surface area contributed by atoms with Crippen LogP contribution in [-0.2, 0) is 35.2 Å². The summed E-state index contributed by atoms with van der Waals surface area (Å²) in [4.78, 5) is 49.3. The van der Waals surface area contributed by atoms with Gasteiger partial charge in [-0.1, -0.05) is 30.3 Å². The Kier molecular flexibility index (Phi) is 12.1. The molecule has 4 bridgehead atoms. The largest absolute Gasteiger partial charge is 0.466 e. The number of nitrogens with zero attached hydrogens (tertiary/aromatic N) is 1. The summed E-state index contributed by atoms with van der Waals surface area (Å²) < 4.78 is 10.2. The molecule has 9 nitrogen and oxygen atoms in total. The molecule has 0 radical (unpaired) electrons. The van der Waals surface area contributed by atoms with Crippen molar-refractivity contribution in [2.45, 2.75) is 95.9 Å². The van der Waals surface area contributed by atoms with Gasteiger partial charge >= 0.3 is 11.9 Å². The van der Waals surface area contributed by atoms with Gasteiger partial charge in [-0.3, -0.25) is 24.1 Å². The molecule has 216 valence electrons. The van der Waals surface area contributed by atoms with Crippen LogP contribution in [0.25, 0.3) is 0 Å². The molecule has 4 aliphatic heterocycles. The first kappa shape index (κ1) is 30.9. The smallest absolute Gasteiger partial charge is 0.309 e. The molecule has 4 aliphatic rings. The molecule has 0 amide bonds. The number of nitrogens with one attached hydrogen (secondary N) is 1. The Bertz CT molecular complexity index is 935. The van der Waals surface area contributed by atoms with Crippen molar-refractivity contribution in [2.75, 3.05) is 20.3 Å². The number of ketones is 2. The van der Waals surface area contributed by atoms with Crippen LogP contribution in [0.2, 0.25) is 0 Å². The number of hydrogen-bond acceptors (Lipinski definition) is 9. The molecule has 0 saturated carbocycles. The summed E-state index contributed by atoms with van der Waals surface area (Å²) in [5.41, 5.74) is 1.27. The fourth-order valence-corrected chi connectivity index (χ4v) is 6.46. The molecule has 4 heterocycles. The van der Waals surface area contributed by atoms with Crippen LogP contribution in [0.15, 0.2) is 30.3 Å². The maximum Gasteiger partial charge on any atom is 0.309 e. The van der Waals surface area contributed by atoms with Crippen LogP contribution in [0.4, 0.5) is 0 Å². The zero-order chi connectivity index (χ0) is 28.4. The van der Waals surface area contributed by atoms with E-state index >= 15 is 0 Å². The molecule has 1 aromatic carbocycles. The zero-order valence-electron chi connectivity index (χ0n) is 23.5. The first-order valence-corrected chi connectivity index (χ1v) is 14.2. The lowest BCUT2D eigenvalue weighted by molar-refractivity contribution is -0.154. The normalized spacial score (nSPS) is 29.6. The van der Waals surface area contributed by atoms with E-state index in [9.17, 15) is 19.2 Å². The van der Waals surface area contributed by atoms with E-state index in [0.29, 0.717) is 50.5 Å². The maximum atomic E-state index is 12.1. The Morgan fingerprint density at radius 3 is 1.74 bits per heavy atom. The van der Waals surface area contributed by atoms with E-state index in [4.69, 9.17) is 14.6 Å². The standard InChI is InChI=1S/C18H23NO3.C11H17NO3.CH4O/c1-2-22-18(21)14-8-15-10-17(20)11-16(9-14)19(15)12-13-6-4-3-5-7-13;1-2-15-11(14)7-3-8-5-10(13)6-9(4-7)12-8;1-2/h3-7,14-16H,2,8-12H2,1H3;7-9,12H,2-6H2,1H3;2H,1H3. The number of rotatable bonds is 6. The number of esters is 2. The van der Waals surface area contributed by atoms with Crippen molar-refractivity contribution < 1.29 is 33.8 Å². The molecule has 4 fully saturated rings. The molecule has 0 aliphatic carbocycles. The van der Waals surface area contributed by atoms with Crippen molar-refractivity contribution in [1.82, 2.24) is 10.2 Å². The third kappa shape index (κ3) is 8.68. The van der Waals surface area contributed by atoms with Gasteiger partial charge in [0.15, 0.2) is 0 Å². The SMILES string of the molecule is CCOC(=O)C1CC2CC(=O)CC(C1)N2.CCOC(=O)C1CC2CC(=O)CC(C1)N2Cc1ccccc1.CO. The van der Waals surface area contributed by atoms with Gasteiger partial charge < -0.3 is 19.9 Å². The third-order valence-corrected chi connectivity index (χ3v) is 7.98. The zero-order valence-corrected chi connectivity index (χ0v) is 23.5. The Morgan fingerprint density at radius 2 is 1.26 bits per heavy atom. The van der Waals surface area contributed by atoms with Gasteiger partial charge in [0.1, 0.15) is 11.6 Å². The molecule has 4 saturated heterocycles. The van der Waals surface area contributed by atoms with Crippen LogP contribution in [0.3, 0.4) is 0 Å². The fraction of sp³-hybridized carbons (Fsp3) is 0.667. The van der Waals surface area contributed by atoms with Crippen molar-refractivity contribution in [3.8, 4) is 0 Å². The highest BCUT2D eigenvalue weighted by Crippen LogP contribution is 2.37. The van der Waals surface area contributed by atoms with Crippen molar-refractivity contribution in [3.63, 3.8) is 0 Å². The number of Topliss-reactive ketones (excluding diaryl/α,β-unsaturated/α-hetero) is 2. The number of carbonyl (C=O) groups is 4. The summed E-state index contributed by atoms with van der Waals surface area (Å²) in [5.74, 6) is 0.423. The topological polar surface area (TPSA) is 122 Å². The highest BCUT2D eigenvalue weighted by Gasteiger charge is 2.43. The average molecular weight is 545 g/mol. The number of fused-ring (bicyclic) bond motifs is 4. The predicted octanol–water partition coefficient (Wildman–Crippen LogP) is 2.82. The van der Waals surface area contributed by atoms with E-state index < -0.39 is 0 Å². The van der Waals surface area contributed by atoms with Crippen molar-refractivity contribution in [1.29, 1.82) is 0 Å². The Hall–Kier alpha value is -2.62. The summed E-state index contributed by atoms with van der Waals surface area (Å²) in [6, 6.07) is 11.1. The van der Waals surface area contributed by atoms with Gasteiger partial charge in [0.25, 0.3) is 0 Å². The summed E-state index contributed by atoms with van der Waals surface area (Å²) in [6.07, 6.45) is 5.28. The van der Waals surface area contributed by atoms with Crippen molar-refractivity contribution in [3.05, 3.63) is 35.9 Å². The summed E-state index contributed by atoms with van der Waals surface area (Å²) in [7, 11) is 1.00. The second kappa shape index (κ2) is 15.2. The molecular formula is C30H44N2O7. The maximum absolute atomic E-state index is 12.1. The molecule has 5 rings (SSSR count). The molecule has 9 heteroatoms. The van der Waals surface area contributed by atoms with E-state index in [0.717, 1.165) is 39.3 Å². The number of piperidine rings is 4. The lowest BCUT2D eigenvalue weighted by atomic mass is 9.77. The van der Waals surface area contributed by atoms with E-state index in [-0.39, 0.29) is 47.9 Å². The third-order valence-electron chi connectivity index (χ3n) is 7.98. The number of hydrogen-bond donors (Lipinski definition) is 2. The molecule has 0 aromatic heterocycles. The first-order chi connectivity index (χ1) is 18.9. The van der Waals surface area contributed by atoms with Crippen LogP contribution in [0.1, 0.15) is 70.8 Å². The van der Waals surface area contributed by atoms with Gasteiger partial charge in [0.2, 0.25) is 0 Å². The fourth-order valence-electron chi connectivity index (χ4n) is 6.46. The van der Waals surface area contributed by atoms with E-state index in [2.05, 4.69) is 22.3 Å². The number of aliphatic hydroxyl groups excluding tert-OH is 1. The Labute approximate surface area is 231 Å². The van der Waals surface area contributed by atoms with Gasteiger partial charge in [0, 0.05) is 63.5 Å². The number of benzene rings is 1. The van der Waals surface area contributed by atoms with E-state index in [1.165, 1.54) is 5.56 Å². The second-order valence-electron chi connectivity index (χ2n) is 10.8. The molecule has 1 aromatic rings. The first-order valence-electron chi connectivity index (χ1n) is 14.2. The number of aliphatic hydroxyl groups is 1. The van der Waals surface area contributed by atoms with E-state index in [1.807, 2.05) is 32.0 Å². The van der Waals surface area contributed by atoms with Gasteiger partial charge in [-0.05, 0) is 45.1 Å². The minimum atomic E-state index is -0.0941. The van der Waals surface area contributed by atoms with Crippen LogP contribution in [-0.4, -0.2) is 78.0 Å². The van der Waals surface area contributed by atoms with Gasteiger partial charge in [-0.15, -0.1) is 0 Å². The lowest BCUT2D eigenvalue weighted by Crippen LogP contribution is -2.55. The summed E-state index contributed by atoms with van der Waals surface area (Å²) in [6.45, 7) is 5.39. The van der Waals surface area contributed by atoms with Crippen LogP contribution in [0.5, 0.6) is 0 Å². The summed E-state index contributed by atoms with van der Waals surface area (Å²) in [5, 5.41) is 10.4. The minimum absolute atomic E-state index is 0.00528. The molecule has 4 unspecified atom stereocenters. The van der Waals surface area contributed by atoms with Gasteiger partial charge in [0.05, 0.1) is 25.0 Å². The van der Waals surface area contributed by atoms with Crippen LogP contribution < -0.4 is 5.32 Å². The highest BCUT2D eigenvalue weighted by molar-refractivity contribution is 5.82. The molecule has 0 spiro atoms. The van der Waals surface area contributed by atoms with Crippen molar-refractivity contribution in [2.24, 2.45) is 11.8 Å². The highest BCUT2D eigenvalue weighted by atomic mass is 16.5. The van der Waals surface area contributed by atoms with Gasteiger partial charge in [-0.25, -0.2) is 0 Å². The number of carbonyl (C=O) groups excluding carboxylic acids is 4. The van der Waals surface area contributed by atoms with Gasteiger partial charge in [-0.2, -0.15) is 0 Å². The lowest BCUT2D eigenvalue weighted by Gasteiger charge is -2.47. The Morgan fingerprint density at radius 1 is 0.795 bits per heavy atom. The Balaban J connectivity index is 0.000000216. The summed E-state index contributed by atoms with van der Waals surface area (Å²) >= 11 is 0. The minimum Gasteiger partial charge on any atom is -0.466 e. The van der Waals surface area contributed by atoms with E-state index in [1.54, 1.807) is 0 Å². The molecule has 4 atom stereocenters. The quantitative estimate of drug-likeness (QED) is 0.521. The second-order valence-corrected chi connectivity index (χ2v) is 10.8. The predicted molar refractivity (Wildman–Crippen MR) is 146 cm³/mol. The molecule has 2 N–H and O–H groups in total. The van der Waals surface area contributed by atoms with Crippen LogP contribution in [0, 0.1) is 11.8 Å². The van der Waals surface area contributed by atoms with Crippen molar-refractivity contribution >= 4 is 23.5 Å². The molecular weight excluding hydrogens is 500 g/mol. The monoisotopic (exact) mass is 544 g/mol. The average Bonchev–Trinajstić information content (AvgIpc) is 2.91. The number of ether oxygens (including phenoxy) is 2. The molecule has 39 heavy (non-hydrogen) atoms. The van der Waals surface area contributed by atoms with Crippen LogP contribution >= 0.6 is 0 Å².